The maximum atomic E-state index is 13.3. The van der Waals surface area contributed by atoms with E-state index in [1.807, 2.05) is 12.1 Å². The summed E-state index contributed by atoms with van der Waals surface area (Å²) in [6.07, 6.45) is 11.0. The van der Waals surface area contributed by atoms with Gasteiger partial charge in [0.25, 0.3) is 0 Å². The summed E-state index contributed by atoms with van der Waals surface area (Å²) in [4.78, 5) is 25.3. The van der Waals surface area contributed by atoms with E-state index in [1.165, 1.54) is 43.1 Å². The molecule has 0 bridgehead atoms. The molecule has 0 amide bonds. The number of methoxy groups -OCH3 is 1. The van der Waals surface area contributed by atoms with Crippen LogP contribution < -0.4 is 5.73 Å². The number of rotatable bonds is 3. The highest BCUT2D eigenvalue weighted by atomic mass is 16.5. The summed E-state index contributed by atoms with van der Waals surface area (Å²) in [5.74, 6) is 1.92. The normalized spacial score (nSPS) is 41.3. The SMILES string of the molecule is COC(=O)c1ccc(C2=CC[C@@]3(C)C(CC[C@]4(C)C3CCC3C5=C(C(C)C)C(=O)C[C@]5(N)CC[C@]34C)C2(C)C)cc1. The van der Waals surface area contributed by atoms with Crippen molar-refractivity contribution in [3.8, 4) is 0 Å². The molecule has 4 nitrogen and oxygen atoms in total. The molecule has 0 spiro atoms. The molecule has 4 heteroatoms. The van der Waals surface area contributed by atoms with Gasteiger partial charge in [-0.25, -0.2) is 4.79 Å². The van der Waals surface area contributed by atoms with Gasteiger partial charge < -0.3 is 10.5 Å². The summed E-state index contributed by atoms with van der Waals surface area (Å²) in [5.41, 5.74) is 13.0. The number of benzene rings is 1. The Balaban J connectivity index is 1.37. The van der Waals surface area contributed by atoms with Crippen LogP contribution in [0, 0.1) is 45.3 Å². The molecule has 222 valence electrons. The molecule has 41 heavy (non-hydrogen) atoms. The molecule has 3 unspecified atom stereocenters. The molecule has 0 radical (unpaired) electrons. The van der Waals surface area contributed by atoms with Gasteiger partial charge in [-0.2, -0.15) is 0 Å². The molecule has 1 aromatic carbocycles. The van der Waals surface area contributed by atoms with Crippen molar-refractivity contribution in [2.75, 3.05) is 7.11 Å². The topological polar surface area (TPSA) is 69.4 Å². The first-order valence-corrected chi connectivity index (χ1v) is 16.1. The zero-order valence-corrected chi connectivity index (χ0v) is 26.7. The highest BCUT2D eigenvalue weighted by Crippen LogP contribution is 2.75. The number of carbonyl (C=O) groups is 2. The number of ketones is 1. The zero-order valence-electron chi connectivity index (χ0n) is 26.7. The molecular formula is C37H51NO3. The van der Waals surface area contributed by atoms with E-state index in [9.17, 15) is 9.59 Å². The second kappa shape index (κ2) is 9.15. The first-order chi connectivity index (χ1) is 19.1. The van der Waals surface area contributed by atoms with Crippen LogP contribution in [0.5, 0.6) is 0 Å². The van der Waals surface area contributed by atoms with Crippen molar-refractivity contribution in [1.29, 1.82) is 0 Å². The number of esters is 1. The van der Waals surface area contributed by atoms with Crippen LogP contribution in [0.3, 0.4) is 0 Å². The summed E-state index contributed by atoms with van der Waals surface area (Å²) in [5, 5.41) is 0. The molecule has 3 fully saturated rings. The molecule has 3 saturated carbocycles. The Kier molecular flexibility index (Phi) is 6.45. The van der Waals surface area contributed by atoms with Crippen molar-refractivity contribution in [3.63, 3.8) is 0 Å². The smallest absolute Gasteiger partial charge is 0.337 e. The first kappa shape index (κ1) is 28.9. The third-order valence-corrected chi connectivity index (χ3v) is 13.7. The highest BCUT2D eigenvalue weighted by Gasteiger charge is 2.69. The van der Waals surface area contributed by atoms with Gasteiger partial charge in [0.15, 0.2) is 5.78 Å². The van der Waals surface area contributed by atoms with E-state index in [-0.39, 0.29) is 33.5 Å². The molecule has 2 N–H and O–H groups in total. The molecule has 7 atom stereocenters. The van der Waals surface area contributed by atoms with Gasteiger partial charge in [-0.1, -0.05) is 66.7 Å². The van der Waals surface area contributed by atoms with Crippen LogP contribution in [-0.4, -0.2) is 24.4 Å². The van der Waals surface area contributed by atoms with Crippen molar-refractivity contribution in [1.82, 2.24) is 0 Å². The summed E-state index contributed by atoms with van der Waals surface area (Å²) >= 11 is 0. The minimum absolute atomic E-state index is 0.0308. The number of nitrogens with two attached hydrogens (primary N) is 1. The summed E-state index contributed by atoms with van der Waals surface area (Å²) in [6, 6.07) is 8.01. The zero-order chi connectivity index (χ0) is 29.8. The van der Waals surface area contributed by atoms with Crippen molar-refractivity contribution in [2.45, 2.75) is 105 Å². The van der Waals surface area contributed by atoms with Crippen molar-refractivity contribution in [2.24, 2.45) is 51.1 Å². The minimum Gasteiger partial charge on any atom is -0.465 e. The van der Waals surface area contributed by atoms with Crippen LogP contribution in [0.1, 0.15) is 116 Å². The number of ether oxygens (including phenoxy) is 1. The largest absolute Gasteiger partial charge is 0.465 e. The van der Waals surface area contributed by atoms with Crippen molar-refractivity contribution < 1.29 is 14.3 Å². The van der Waals surface area contributed by atoms with E-state index in [0.717, 1.165) is 31.3 Å². The Bertz CT molecular complexity index is 1350. The van der Waals surface area contributed by atoms with Crippen molar-refractivity contribution in [3.05, 3.63) is 52.6 Å². The van der Waals surface area contributed by atoms with Gasteiger partial charge in [-0.05, 0) is 125 Å². The van der Waals surface area contributed by atoms with Crippen LogP contribution in [0.4, 0.5) is 0 Å². The molecule has 0 aliphatic heterocycles. The Hall–Kier alpha value is -2.20. The van der Waals surface area contributed by atoms with Gasteiger partial charge in [0.1, 0.15) is 0 Å². The Morgan fingerprint density at radius 3 is 2.24 bits per heavy atom. The molecular weight excluding hydrogens is 506 g/mol. The lowest BCUT2D eigenvalue weighted by atomic mass is 9.33. The quantitative estimate of drug-likeness (QED) is 0.381. The number of hydrogen-bond donors (Lipinski definition) is 1. The van der Waals surface area contributed by atoms with Gasteiger partial charge in [0, 0.05) is 12.0 Å². The van der Waals surface area contributed by atoms with E-state index in [0.29, 0.717) is 35.5 Å². The standard InChI is InChI=1S/C37H51NO3/c1-22(2)30-27(39)21-37(38)20-19-35(6)26(31(30)37)13-14-29-34(5)17-15-25(23-9-11-24(12-10-23)32(40)41-8)33(3,4)28(34)16-18-36(29,35)7/h9-12,15,22,26,28-29H,13-14,16-21,38H2,1-8H3/t26?,28?,29?,34-,35+,36+,37+/m0/s1. The Morgan fingerprint density at radius 1 is 0.927 bits per heavy atom. The lowest BCUT2D eigenvalue weighted by molar-refractivity contribution is -0.193. The van der Waals surface area contributed by atoms with Gasteiger partial charge in [0.2, 0.25) is 0 Å². The van der Waals surface area contributed by atoms with E-state index in [4.69, 9.17) is 10.5 Å². The summed E-state index contributed by atoms with van der Waals surface area (Å²) < 4.78 is 4.92. The monoisotopic (exact) mass is 557 g/mol. The number of allylic oxidation sites excluding steroid dienone is 3. The van der Waals surface area contributed by atoms with Crippen LogP contribution in [0.2, 0.25) is 0 Å². The summed E-state index contributed by atoms with van der Waals surface area (Å²) in [7, 11) is 1.43. The molecule has 5 aliphatic carbocycles. The van der Waals surface area contributed by atoms with E-state index in [1.54, 1.807) is 0 Å². The molecule has 6 rings (SSSR count). The highest BCUT2D eigenvalue weighted by molar-refractivity contribution is 6.01. The maximum Gasteiger partial charge on any atom is 0.337 e. The number of carbonyl (C=O) groups excluding carboxylic acids is 2. The number of fused-ring (bicyclic) bond motifs is 7. The predicted octanol–water partition coefficient (Wildman–Crippen LogP) is 8.16. The van der Waals surface area contributed by atoms with Crippen LogP contribution in [0.15, 0.2) is 41.5 Å². The van der Waals surface area contributed by atoms with Crippen LogP contribution in [0.25, 0.3) is 5.57 Å². The molecule has 0 aromatic heterocycles. The molecule has 1 aromatic rings. The molecule has 0 heterocycles. The second-order valence-electron chi connectivity index (χ2n) is 16.0. The van der Waals surface area contributed by atoms with Crippen LogP contribution in [-0.2, 0) is 9.53 Å². The fraction of sp³-hybridized carbons (Fsp3) is 0.676. The lowest BCUT2D eigenvalue weighted by Gasteiger charge is -2.71. The predicted molar refractivity (Wildman–Crippen MR) is 165 cm³/mol. The summed E-state index contributed by atoms with van der Waals surface area (Å²) in [6.45, 7) is 17.1. The van der Waals surface area contributed by atoms with E-state index in [2.05, 4.69) is 66.7 Å². The number of hydrogen-bond acceptors (Lipinski definition) is 4. The van der Waals surface area contributed by atoms with Gasteiger partial charge in [-0.15, -0.1) is 0 Å². The Morgan fingerprint density at radius 2 is 1.61 bits per heavy atom. The Labute approximate surface area is 247 Å². The average Bonchev–Trinajstić information content (AvgIpc) is 3.19. The third kappa shape index (κ3) is 3.74. The second-order valence-corrected chi connectivity index (χ2v) is 16.0. The fourth-order valence-electron chi connectivity index (χ4n) is 11.6. The third-order valence-electron chi connectivity index (χ3n) is 13.7. The maximum absolute atomic E-state index is 13.3. The van der Waals surface area contributed by atoms with Gasteiger partial charge >= 0.3 is 5.97 Å². The number of Topliss-reactive ketones (excluding diaryl/α,β-unsaturated/α-hetero) is 1. The minimum atomic E-state index is -0.418. The fourth-order valence-corrected chi connectivity index (χ4v) is 11.6. The molecule has 5 aliphatic rings. The van der Waals surface area contributed by atoms with Crippen molar-refractivity contribution >= 4 is 17.3 Å². The van der Waals surface area contributed by atoms with Crippen LogP contribution >= 0.6 is 0 Å². The average molecular weight is 558 g/mol. The van der Waals surface area contributed by atoms with Gasteiger partial charge in [-0.3, -0.25) is 4.79 Å². The van der Waals surface area contributed by atoms with E-state index >= 15 is 0 Å². The lowest BCUT2D eigenvalue weighted by Crippen LogP contribution is -2.65. The first-order valence-electron chi connectivity index (χ1n) is 16.1. The van der Waals surface area contributed by atoms with E-state index < -0.39 is 5.54 Å². The van der Waals surface area contributed by atoms with Gasteiger partial charge in [0.05, 0.1) is 12.7 Å². The molecule has 0 saturated heterocycles.